The second kappa shape index (κ2) is 8.26. The summed E-state index contributed by atoms with van der Waals surface area (Å²) in [4.78, 5) is 23.7. The number of carbonyl (C=O) groups is 2. The molecule has 2 amide bonds. The number of hydrogen-bond donors (Lipinski definition) is 3. The quantitative estimate of drug-likeness (QED) is 0.658. The van der Waals surface area contributed by atoms with E-state index in [4.69, 9.17) is 10.5 Å². The summed E-state index contributed by atoms with van der Waals surface area (Å²) in [6.07, 6.45) is 0.0677. The molecule has 0 aliphatic rings. The highest BCUT2D eigenvalue weighted by molar-refractivity contribution is 5.89. The third-order valence-electron chi connectivity index (χ3n) is 2.86. The van der Waals surface area contributed by atoms with Gasteiger partial charge in [-0.3, -0.25) is 4.79 Å². The Hall–Kier alpha value is -2.08. The van der Waals surface area contributed by atoms with Crippen LogP contribution in [0.1, 0.15) is 25.8 Å². The van der Waals surface area contributed by atoms with E-state index in [1.807, 2.05) is 30.3 Å². The SMILES string of the molecule is CC(C)(NC(=O)OCc1ccccc1)C(=O)NCCCN. The van der Waals surface area contributed by atoms with Crippen molar-refractivity contribution in [3.8, 4) is 0 Å². The molecule has 0 heterocycles. The minimum atomic E-state index is -1.04. The Morgan fingerprint density at radius 1 is 1.24 bits per heavy atom. The molecule has 0 saturated carbocycles. The van der Waals surface area contributed by atoms with Gasteiger partial charge in [-0.15, -0.1) is 0 Å². The minimum absolute atomic E-state index is 0.164. The van der Waals surface area contributed by atoms with Crippen LogP contribution in [0.25, 0.3) is 0 Å². The molecule has 1 rings (SSSR count). The summed E-state index contributed by atoms with van der Waals surface area (Å²) in [6, 6.07) is 9.34. The van der Waals surface area contributed by atoms with E-state index in [1.54, 1.807) is 13.8 Å². The van der Waals surface area contributed by atoms with E-state index in [0.717, 1.165) is 5.56 Å². The fourth-order valence-corrected chi connectivity index (χ4v) is 1.60. The van der Waals surface area contributed by atoms with Crippen molar-refractivity contribution in [3.05, 3.63) is 35.9 Å². The number of nitrogens with two attached hydrogens (primary N) is 1. The number of nitrogens with one attached hydrogen (secondary N) is 2. The van der Waals surface area contributed by atoms with Gasteiger partial charge in [0.15, 0.2) is 0 Å². The summed E-state index contributed by atoms with van der Waals surface area (Å²) >= 11 is 0. The average molecular weight is 293 g/mol. The maximum atomic E-state index is 11.9. The number of benzene rings is 1. The summed E-state index contributed by atoms with van der Waals surface area (Å²) < 4.78 is 5.09. The summed E-state index contributed by atoms with van der Waals surface area (Å²) in [7, 11) is 0. The zero-order valence-corrected chi connectivity index (χ0v) is 12.5. The van der Waals surface area contributed by atoms with Crippen LogP contribution in [0.3, 0.4) is 0 Å². The molecule has 6 heteroatoms. The van der Waals surface area contributed by atoms with Gasteiger partial charge in [-0.05, 0) is 32.4 Å². The highest BCUT2D eigenvalue weighted by atomic mass is 16.5. The molecular formula is C15H23N3O3. The smallest absolute Gasteiger partial charge is 0.408 e. The largest absolute Gasteiger partial charge is 0.445 e. The van der Waals surface area contributed by atoms with Gasteiger partial charge in [-0.1, -0.05) is 30.3 Å². The molecule has 0 aliphatic heterocycles. The van der Waals surface area contributed by atoms with Crippen LogP contribution in [0.4, 0.5) is 4.79 Å². The Bertz CT molecular complexity index is 460. The summed E-state index contributed by atoms with van der Waals surface area (Å²) in [5.41, 5.74) is 5.21. The third-order valence-corrected chi connectivity index (χ3v) is 2.86. The van der Waals surface area contributed by atoms with E-state index < -0.39 is 11.6 Å². The number of ether oxygens (including phenoxy) is 1. The first kappa shape index (κ1) is 17.0. The third kappa shape index (κ3) is 6.27. The van der Waals surface area contributed by atoms with E-state index in [2.05, 4.69) is 10.6 Å². The molecule has 0 atom stereocenters. The molecule has 0 aliphatic carbocycles. The monoisotopic (exact) mass is 293 g/mol. The number of rotatable bonds is 7. The van der Waals surface area contributed by atoms with Gasteiger partial charge in [-0.2, -0.15) is 0 Å². The van der Waals surface area contributed by atoms with Gasteiger partial charge in [0.1, 0.15) is 12.1 Å². The molecule has 6 nitrogen and oxygen atoms in total. The summed E-state index contributed by atoms with van der Waals surface area (Å²) in [5, 5.41) is 5.26. The van der Waals surface area contributed by atoms with Crippen LogP contribution in [0, 0.1) is 0 Å². The maximum Gasteiger partial charge on any atom is 0.408 e. The molecule has 1 aromatic rings. The van der Waals surface area contributed by atoms with E-state index in [1.165, 1.54) is 0 Å². The highest BCUT2D eigenvalue weighted by Gasteiger charge is 2.29. The molecule has 0 spiro atoms. The van der Waals surface area contributed by atoms with Gasteiger partial charge in [0.05, 0.1) is 0 Å². The molecule has 0 bridgehead atoms. The molecular weight excluding hydrogens is 270 g/mol. The molecule has 21 heavy (non-hydrogen) atoms. The van der Waals surface area contributed by atoms with Gasteiger partial charge < -0.3 is 21.1 Å². The lowest BCUT2D eigenvalue weighted by molar-refractivity contribution is -0.126. The first-order chi connectivity index (χ1) is 9.95. The minimum Gasteiger partial charge on any atom is -0.445 e. The first-order valence-electron chi connectivity index (χ1n) is 6.93. The van der Waals surface area contributed by atoms with Crippen LogP contribution >= 0.6 is 0 Å². The second-order valence-corrected chi connectivity index (χ2v) is 5.21. The van der Waals surface area contributed by atoms with Crippen molar-refractivity contribution in [1.82, 2.24) is 10.6 Å². The average Bonchev–Trinajstić information content (AvgIpc) is 2.46. The van der Waals surface area contributed by atoms with Crippen LogP contribution in [-0.2, 0) is 16.1 Å². The molecule has 0 radical (unpaired) electrons. The Balaban J connectivity index is 2.39. The van der Waals surface area contributed by atoms with Crippen molar-refractivity contribution in [2.75, 3.05) is 13.1 Å². The van der Waals surface area contributed by atoms with Crippen LogP contribution in [0.2, 0.25) is 0 Å². The van der Waals surface area contributed by atoms with Crippen molar-refractivity contribution in [1.29, 1.82) is 0 Å². The summed E-state index contributed by atoms with van der Waals surface area (Å²) in [6.45, 7) is 4.40. The van der Waals surface area contributed by atoms with Gasteiger partial charge in [0, 0.05) is 6.54 Å². The Labute approximate surface area is 125 Å². The fourth-order valence-electron chi connectivity index (χ4n) is 1.60. The van der Waals surface area contributed by atoms with Gasteiger partial charge >= 0.3 is 6.09 Å². The van der Waals surface area contributed by atoms with Crippen LogP contribution in [-0.4, -0.2) is 30.6 Å². The molecule has 1 aromatic carbocycles. The molecule has 4 N–H and O–H groups in total. The number of amides is 2. The molecule has 0 saturated heterocycles. The van der Waals surface area contributed by atoms with E-state index in [-0.39, 0.29) is 12.5 Å². The van der Waals surface area contributed by atoms with E-state index >= 15 is 0 Å². The Morgan fingerprint density at radius 2 is 1.90 bits per heavy atom. The lowest BCUT2D eigenvalue weighted by Crippen LogP contribution is -2.55. The van der Waals surface area contributed by atoms with Gasteiger partial charge in [-0.25, -0.2) is 4.79 Å². The zero-order valence-electron chi connectivity index (χ0n) is 12.5. The van der Waals surface area contributed by atoms with E-state index in [9.17, 15) is 9.59 Å². The lowest BCUT2D eigenvalue weighted by Gasteiger charge is -2.24. The van der Waals surface area contributed by atoms with Crippen molar-refractivity contribution in [3.63, 3.8) is 0 Å². The first-order valence-corrected chi connectivity index (χ1v) is 6.93. The number of carbonyl (C=O) groups excluding carboxylic acids is 2. The number of hydrogen-bond acceptors (Lipinski definition) is 4. The standard InChI is InChI=1S/C15H23N3O3/c1-15(2,13(19)17-10-6-9-16)18-14(20)21-11-12-7-4-3-5-8-12/h3-5,7-8H,6,9-11,16H2,1-2H3,(H,17,19)(H,18,20). The topological polar surface area (TPSA) is 93.4 Å². The van der Waals surface area contributed by atoms with Crippen molar-refractivity contribution in [2.24, 2.45) is 5.73 Å². The van der Waals surface area contributed by atoms with Crippen molar-refractivity contribution >= 4 is 12.0 Å². The normalized spacial score (nSPS) is 10.8. The molecule has 116 valence electrons. The Kier molecular flexibility index (Phi) is 6.68. The van der Waals surface area contributed by atoms with Crippen molar-refractivity contribution < 1.29 is 14.3 Å². The van der Waals surface area contributed by atoms with Crippen LogP contribution in [0.5, 0.6) is 0 Å². The predicted octanol–water partition coefficient (Wildman–Crippen LogP) is 1.16. The highest BCUT2D eigenvalue weighted by Crippen LogP contribution is 2.05. The second-order valence-electron chi connectivity index (χ2n) is 5.21. The predicted molar refractivity (Wildman–Crippen MR) is 80.5 cm³/mol. The summed E-state index contributed by atoms with van der Waals surface area (Å²) in [5.74, 6) is -0.271. The van der Waals surface area contributed by atoms with Gasteiger partial charge in [0.2, 0.25) is 5.91 Å². The zero-order chi connectivity index (χ0) is 15.7. The van der Waals surface area contributed by atoms with Crippen LogP contribution in [0.15, 0.2) is 30.3 Å². The van der Waals surface area contributed by atoms with Crippen molar-refractivity contribution in [2.45, 2.75) is 32.4 Å². The maximum absolute atomic E-state index is 11.9. The van der Waals surface area contributed by atoms with Crippen LogP contribution < -0.4 is 16.4 Å². The molecule has 0 unspecified atom stereocenters. The lowest BCUT2D eigenvalue weighted by atomic mass is 10.1. The van der Waals surface area contributed by atoms with Gasteiger partial charge in [0.25, 0.3) is 0 Å². The fraction of sp³-hybridized carbons (Fsp3) is 0.467. The van der Waals surface area contributed by atoms with E-state index in [0.29, 0.717) is 19.5 Å². The molecule has 0 fully saturated rings. The number of alkyl carbamates (subject to hydrolysis) is 1. The Morgan fingerprint density at radius 3 is 2.52 bits per heavy atom. The molecule has 0 aromatic heterocycles.